The van der Waals surface area contributed by atoms with E-state index in [0.717, 1.165) is 0 Å². The Hall–Kier alpha value is -0.110. The van der Waals surface area contributed by atoms with Crippen LogP contribution in [-0.2, 0) is 10.1 Å². The minimum absolute atomic E-state index is 0.214. The average molecular weight is 331 g/mol. The summed E-state index contributed by atoms with van der Waals surface area (Å²) in [5.41, 5.74) is 5.87. The van der Waals surface area contributed by atoms with Gasteiger partial charge in [-0.25, -0.2) is 0 Å². The van der Waals surface area contributed by atoms with Crippen molar-refractivity contribution in [3.63, 3.8) is 0 Å². The van der Waals surface area contributed by atoms with Crippen molar-refractivity contribution in [1.82, 2.24) is 0 Å². The van der Waals surface area contributed by atoms with Crippen LogP contribution in [0.25, 0.3) is 0 Å². The monoisotopic (exact) mass is 329 g/mol. The van der Waals surface area contributed by atoms with Crippen LogP contribution in [0.2, 0.25) is 0 Å². The summed E-state index contributed by atoms with van der Waals surface area (Å²) >= 11 is 6.03. The molecule has 0 saturated heterocycles. The highest BCUT2D eigenvalue weighted by Gasteiger charge is 2.15. The van der Waals surface area contributed by atoms with Crippen molar-refractivity contribution in [2.45, 2.75) is 4.90 Å². The van der Waals surface area contributed by atoms with Crippen LogP contribution in [0.4, 0.5) is 5.69 Å². The third-order valence-corrected chi connectivity index (χ3v) is 3.83. The molecule has 4 nitrogen and oxygen atoms in total. The van der Waals surface area contributed by atoms with Gasteiger partial charge in [0.2, 0.25) is 0 Å². The first kappa shape index (κ1) is 11.0. The molecule has 0 unspecified atom stereocenters. The zero-order chi connectivity index (χ0) is 10.2. The Kier molecular flexibility index (Phi) is 3.01. The van der Waals surface area contributed by atoms with E-state index < -0.39 is 10.1 Å². The fraction of sp³-hybridized carbons (Fsp3) is 0. The highest BCUT2D eigenvalue weighted by molar-refractivity contribution is 9.11. The molecule has 0 atom stereocenters. The molecule has 13 heavy (non-hydrogen) atoms. The molecule has 1 aromatic rings. The van der Waals surface area contributed by atoms with Crippen molar-refractivity contribution < 1.29 is 13.0 Å². The molecule has 0 aliphatic rings. The number of nitrogens with two attached hydrogens (primary N) is 1. The number of nitrogen functional groups attached to an aromatic ring is 1. The fourth-order valence-corrected chi connectivity index (χ4v) is 2.78. The maximum atomic E-state index is 10.8. The molecule has 0 radical (unpaired) electrons. The van der Waals surface area contributed by atoms with Crippen LogP contribution in [-0.4, -0.2) is 13.0 Å². The number of anilines is 1. The summed E-state index contributed by atoms with van der Waals surface area (Å²) in [6.45, 7) is 0. The Morgan fingerprint density at radius 3 is 2.23 bits per heavy atom. The molecule has 7 heteroatoms. The lowest BCUT2D eigenvalue weighted by Gasteiger charge is -2.03. The molecule has 1 aromatic carbocycles. The molecular weight excluding hydrogens is 326 g/mol. The molecule has 0 spiro atoms. The summed E-state index contributed by atoms with van der Waals surface area (Å²) in [6.07, 6.45) is 0. The molecule has 1 rings (SSSR count). The molecule has 3 N–H and O–H groups in total. The van der Waals surface area contributed by atoms with Crippen LogP contribution in [0.1, 0.15) is 0 Å². The number of rotatable bonds is 1. The van der Waals surface area contributed by atoms with Gasteiger partial charge in [-0.3, -0.25) is 4.55 Å². The molecule has 0 saturated carbocycles. The Bertz CT molecular complexity index is 443. The maximum absolute atomic E-state index is 10.8. The molecule has 0 heterocycles. The van der Waals surface area contributed by atoms with Crippen molar-refractivity contribution >= 4 is 47.7 Å². The van der Waals surface area contributed by atoms with Crippen molar-refractivity contribution in [2.75, 3.05) is 5.73 Å². The van der Waals surface area contributed by atoms with E-state index in [-0.39, 0.29) is 9.37 Å². The predicted octanol–water partition coefficient (Wildman–Crippen LogP) is 2.04. The predicted molar refractivity (Wildman–Crippen MR) is 56.1 cm³/mol. The highest BCUT2D eigenvalue weighted by Crippen LogP contribution is 2.30. The van der Waals surface area contributed by atoms with Crippen LogP contribution in [0.5, 0.6) is 0 Å². The lowest BCUT2D eigenvalue weighted by atomic mass is 10.3. The van der Waals surface area contributed by atoms with Crippen LogP contribution in [0.3, 0.4) is 0 Å². The highest BCUT2D eigenvalue weighted by atomic mass is 79.9. The normalized spacial score (nSPS) is 11.6. The summed E-state index contributed by atoms with van der Waals surface area (Å²) in [7, 11) is -4.21. The molecule has 0 aliphatic heterocycles. The van der Waals surface area contributed by atoms with Gasteiger partial charge in [-0.15, -0.1) is 0 Å². The van der Waals surface area contributed by atoms with E-state index in [0.29, 0.717) is 10.2 Å². The first-order chi connectivity index (χ1) is 5.82. The summed E-state index contributed by atoms with van der Waals surface area (Å²) in [5, 5.41) is 0. The van der Waals surface area contributed by atoms with Crippen LogP contribution in [0.15, 0.2) is 26.0 Å². The van der Waals surface area contributed by atoms with Gasteiger partial charge in [0.1, 0.15) is 4.90 Å². The maximum Gasteiger partial charge on any atom is 0.295 e. The zero-order valence-electron chi connectivity index (χ0n) is 6.16. The summed E-state index contributed by atoms with van der Waals surface area (Å²) in [5.74, 6) is 0. The number of hydrogen-bond donors (Lipinski definition) is 2. The van der Waals surface area contributed by atoms with Gasteiger partial charge in [-0.05, 0) is 44.0 Å². The van der Waals surface area contributed by atoms with Gasteiger partial charge in [-0.1, -0.05) is 0 Å². The lowest BCUT2D eigenvalue weighted by molar-refractivity contribution is 0.482. The SMILES string of the molecule is Nc1cc(Br)c(S(=O)(=O)O)cc1Br. The molecule has 72 valence electrons. The van der Waals surface area contributed by atoms with Crippen LogP contribution < -0.4 is 5.73 Å². The molecule has 0 amide bonds. The average Bonchev–Trinajstić information content (AvgIpc) is 1.94. The smallest absolute Gasteiger partial charge is 0.295 e. The number of halogens is 2. The quantitative estimate of drug-likeness (QED) is 0.610. The van der Waals surface area contributed by atoms with E-state index >= 15 is 0 Å². The molecule has 0 aliphatic carbocycles. The van der Waals surface area contributed by atoms with Crippen molar-refractivity contribution in [1.29, 1.82) is 0 Å². The number of benzene rings is 1. The van der Waals surface area contributed by atoms with E-state index in [1.165, 1.54) is 12.1 Å². The Balaban J connectivity index is 3.50. The molecule has 0 bridgehead atoms. The second-order valence-electron chi connectivity index (χ2n) is 2.28. The van der Waals surface area contributed by atoms with Gasteiger partial charge < -0.3 is 5.73 Å². The van der Waals surface area contributed by atoms with Crippen molar-refractivity contribution in [3.8, 4) is 0 Å². The first-order valence-corrected chi connectivity index (χ1v) is 6.07. The third kappa shape index (κ3) is 2.43. The summed E-state index contributed by atoms with van der Waals surface area (Å²) in [4.78, 5) is -0.214. The van der Waals surface area contributed by atoms with E-state index in [4.69, 9.17) is 10.3 Å². The Morgan fingerprint density at radius 1 is 1.23 bits per heavy atom. The zero-order valence-corrected chi connectivity index (χ0v) is 10.1. The van der Waals surface area contributed by atoms with Gasteiger partial charge in [0.05, 0.1) is 0 Å². The van der Waals surface area contributed by atoms with E-state index in [1.807, 2.05) is 0 Å². The van der Waals surface area contributed by atoms with Gasteiger partial charge >= 0.3 is 0 Å². The van der Waals surface area contributed by atoms with Gasteiger partial charge in [0, 0.05) is 14.6 Å². The third-order valence-electron chi connectivity index (χ3n) is 1.33. The Morgan fingerprint density at radius 2 is 1.77 bits per heavy atom. The largest absolute Gasteiger partial charge is 0.398 e. The fourth-order valence-electron chi connectivity index (χ4n) is 0.742. The Labute approximate surface area is 92.1 Å². The van der Waals surface area contributed by atoms with Gasteiger partial charge in [-0.2, -0.15) is 8.42 Å². The second kappa shape index (κ2) is 3.56. The van der Waals surface area contributed by atoms with E-state index in [1.54, 1.807) is 0 Å². The summed E-state index contributed by atoms with van der Waals surface area (Å²) < 4.78 is 31.0. The van der Waals surface area contributed by atoms with E-state index in [2.05, 4.69) is 31.9 Å². The van der Waals surface area contributed by atoms with Crippen molar-refractivity contribution in [3.05, 3.63) is 21.1 Å². The minimum Gasteiger partial charge on any atom is -0.398 e. The molecule has 0 fully saturated rings. The van der Waals surface area contributed by atoms with Gasteiger partial charge in [0.15, 0.2) is 0 Å². The van der Waals surface area contributed by atoms with Crippen molar-refractivity contribution in [2.24, 2.45) is 0 Å². The van der Waals surface area contributed by atoms with Crippen LogP contribution in [0, 0.1) is 0 Å². The minimum atomic E-state index is -4.21. The molecular formula is C6H5Br2NO3S. The first-order valence-electron chi connectivity index (χ1n) is 3.04. The van der Waals surface area contributed by atoms with Gasteiger partial charge in [0.25, 0.3) is 10.1 Å². The standard InChI is InChI=1S/C6H5Br2NO3S/c7-3-2-6(13(10,11)12)4(8)1-5(3)9/h1-2H,9H2,(H,10,11,12). The van der Waals surface area contributed by atoms with Crippen LogP contribution >= 0.6 is 31.9 Å². The van der Waals surface area contributed by atoms with E-state index in [9.17, 15) is 8.42 Å². The summed E-state index contributed by atoms with van der Waals surface area (Å²) in [6, 6.07) is 2.63. The second-order valence-corrected chi connectivity index (χ2v) is 5.38. The topological polar surface area (TPSA) is 80.4 Å². The lowest BCUT2D eigenvalue weighted by Crippen LogP contribution is -2.00. The molecule has 0 aromatic heterocycles. The number of hydrogen-bond acceptors (Lipinski definition) is 3.